The van der Waals surface area contributed by atoms with E-state index in [1.807, 2.05) is 6.07 Å². The SMILES string of the molecule is COc1cc(C(=O)NCc2cccc(CN3CCC(C)CC3)c2)cc(OC)c1OC. The van der Waals surface area contributed by atoms with Crippen molar-refractivity contribution < 1.29 is 19.0 Å². The Morgan fingerprint density at radius 1 is 1.00 bits per heavy atom. The summed E-state index contributed by atoms with van der Waals surface area (Å²) in [7, 11) is 4.61. The zero-order valence-electron chi connectivity index (χ0n) is 18.4. The Hall–Kier alpha value is -2.73. The average molecular weight is 413 g/mol. The fraction of sp³-hybridized carbons (Fsp3) is 0.458. The van der Waals surface area contributed by atoms with Crippen molar-refractivity contribution in [1.82, 2.24) is 10.2 Å². The topological polar surface area (TPSA) is 60.0 Å². The standard InChI is InChI=1S/C24H32N2O4/c1-17-8-10-26(11-9-17)16-19-7-5-6-18(12-19)15-25-24(27)20-13-21(28-2)23(30-4)22(14-20)29-3/h5-7,12-14,17H,8-11,15-16H2,1-4H3,(H,25,27). The first-order valence-corrected chi connectivity index (χ1v) is 10.4. The molecule has 162 valence electrons. The van der Waals surface area contributed by atoms with Crippen LogP contribution in [0.4, 0.5) is 0 Å². The van der Waals surface area contributed by atoms with Gasteiger partial charge >= 0.3 is 0 Å². The third-order valence-electron chi connectivity index (χ3n) is 5.65. The molecule has 1 saturated heterocycles. The Morgan fingerprint density at radius 2 is 1.63 bits per heavy atom. The molecule has 0 bridgehead atoms. The van der Waals surface area contributed by atoms with Crippen LogP contribution in [0.2, 0.25) is 0 Å². The number of methoxy groups -OCH3 is 3. The molecule has 1 heterocycles. The first-order valence-electron chi connectivity index (χ1n) is 10.4. The lowest BCUT2D eigenvalue weighted by Crippen LogP contribution is -2.32. The molecular weight excluding hydrogens is 380 g/mol. The molecule has 6 heteroatoms. The van der Waals surface area contributed by atoms with E-state index < -0.39 is 0 Å². The monoisotopic (exact) mass is 412 g/mol. The van der Waals surface area contributed by atoms with E-state index in [-0.39, 0.29) is 5.91 Å². The maximum Gasteiger partial charge on any atom is 0.251 e. The predicted molar refractivity (Wildman–Crippen MR) is 117 cm³/mol. The molecule has 0 atom stereocenters. The third kappa shape index (κ3) is 5.45. The lowest BCUT2D eigenvalue weighted by atomic mass is 9.98. The highest BCUT2D eigenvalue weighted by Gasteiger charge is 2.18. The Labute approximate surface area is 179 Å². The van der Waals surface area contributed by atoms with Gasteiger partial charge in [0.25, 0.3) is 5.91 Å². The van der Waals surface area contributed by atoms with Crippen molar-refractivity contribution in [1.29, 1.82) is 0 Å². The normalized spacial score (nSPS) is 14.9. The van der Waals surface area contributed by atoms with Gasteiger partial charge in [-0.15, -0.1) is 0 Å². The highest BCUT2D eigenvalue weighted by molar-refractivity contribution is 5.95. The zero-order chi connectivity index (χ0) is 21.5. The van der Waals surface area contributed by atoms with E-state index in [1.54, 1.807) is 12.1 Å². The van der Waals surface area contributed by atoms with E-state index >= 15 is 0 Å². The Balaban J connectivity index is 1.63. The lowest BCUT2D eigenvalue weighted by molar-refractivity contribution is 0.0950. The van der Waals surface area contributed by atoms with E-state index in [4.69, 9.17) is 14.2 Å². The van der Waals surface area contributed by atoms with Gasteiger partial charge in [-0.2, -0.15) is 0 Å². The number of ether oxygens (including phenoxy) is 3. The van der Waals surface area contributed by atoms with Crippen LogP contribution in [0.15, 0.2) is 36.4 Å². The number of piperidine rings is 1. The molecule has 0 saturated carbocycles. The van der Waals surface area contributed by atoms with E-state index in [0.29, 0.717) is 29.4 Å². The summed E-state index contributed by atoms with van der Waals surface area (Å²) < 4.78 is 16.0. The van der Waals surface area contributed by atoms with Gasteiger partial charge in [0.2, 0.25) is 5.75 Å². The minimum Gasteiger partial charge on any atom is -0.493 e. The maximum atomic E-state index is 12.7. The summed E-state index contributed by atoms with van der Waals surface area (Å²) in [6.45, 7) is 6.06. The molecule has 3 rings (SSSR count). The summed E-state index contributed by atoms with van der Waals surface area (Å²) in [6, 6.07) is 11.7. The molecule has 1 N–H and O–H groups in total. The number of hydrogen-bond donors (Lipinski definition) is 1. The second kappa shape index (κ2) is 10.3. The minimum absolute atomic E-state index is 0.190. The van der Waals surface area contributed by atoms with E-state index in [0.717, 1.165) is 31.1 Å². The van der Waals surface area contributed by atoms with Crippen LogP contribution in [0.1, 0.15) is 41.3 Å². The molecule has 1 aliphatic rings. The molecule has 0 radical (unpaired) electrons. The van der Waals surface area contributed by atoms with Crippen LogP contribution in [-0.4, -0.2) is 45.2 Å². The summed E-state index contributed by atoms with van der Waals surface area (Å²) in [5.41, 5.74) is 2.82. The summed E-state index contributed by atoms with van der Waals surface area (Å²) in [6.07, 6.45) is 2.54. The summed E-state index contributed by atoms with van der Waals surface area (Å²) in [5.74, 6) is 2.03. The number of amides is 1. The molecule has 0 aliphatic carbocycles. The van der Waals surface area contributed by atoms with Gasteiger partial charge in [0.15, 0.2) is 11.5 Å². The van der Waals surface area contributed by atoms with Crippen molar-refractivity contribution in [3.63, 3.8) is 0 Å². The number of likely N-dealkylation sites (tertiary alicyclic amines) is 1. The van der Waals surface area contributed by atoms with E-state index in [1.165, 1.54) is 39.7 Å². The van der Waals surface area contributed by atoms with Crippen LogP contribution in [0.3, 0.4) is 0 Å². The first-order chi connectivity index (χ1) is 14.5. The number of nitrogens with one attached hydrogen (secondary N) is 1. The van der Waals surface area contributed by atoms with Crippen molar-refractivity contribution in [2.45, 2.75) is 32.9 Å². The Bertz CT molecular complexity index is 835. The van der Waals surface area contributed by atoms with Crippen molar-refractivity contribution in [3.8, 4) is 17.2 Å². The highest BCUT2D eigenvalue weighted by atomic mass is 16.5. The van der Waals surface area contributed by atoms with Crippen LogP contribution >= 0.6 is 0 Å². The largest absolute Gasteiger partial charge is 0.493 e. The van der Waals surface area contributed by atoms with Crippen LogP contribution in [0, 0.1) is 5.92 Å². The van der Waals surface area contributed by atoms with Gasteiger partial charge < -0.3 is 19.5 Å². The van der Waals surface area contributed by atoms with E-state index in [9.17, 15) is 4.79 Å². The van der Waals surface area contributed by atoms with Gasteiger partial charge in [0.05, 0.1) is 21.3 Å². The molecule has 30 heavy (non-hydrogen) atoms. The number of carbonyl (C=O) groups excluding carboxylic acids is 1. The van der Waals surface area contributed by atoms with Gasteiger partial charge in [-0.1, -0.05) is 31.2 Å². The molecular formula is C24H32N2O4. The molecule has 0 aromatic heterocycles. The van der Waals surface area contributed by atoms with Crippen molar-refractivity contribution in [3.05, 3.63) is 53.1 Å². The van der Waals surface area contributed by atoms with Crippen LogP contribution in [-0.2, 0) is 13.1 Å². The second-order valence-corrected chi connectivity index (χ2v) is 7.88. The van der Waals surface area contributed by atoms with Gasteiger partial charge in [0, 0.05) is 18.7 Å². The Kier molecular flexibility index (Phi) is 7.57. The minimum atomic E-state index is -0.190. The molecule has 2 aromatic rings. The highest BCUT2D eigenvalue weighted by Crippen LogP contribution is 2.38. The van der Waals surface area contributed by atoms with Crippen LogP contribution in [0.5, 0.6) is 17.2 Å². The number of rotatable bonds is 8. The van der Waals surface area contributed by atoms with Gasteiger partial charge in [-0.3, -0.25) is 9.69 Å². The molecule has 1 fully saturated rings. The fourth-order valence-corrected chi connectivity index (χ4v) is 3.81. The summed E-state index contributed by atoms with van der Waals surface area (Å²) >= 11 is 0. The predicted octanol–water partition coefficient (Wildman–Crippen LogP) is 3.87. The molecule has 0 unspecified atom stereocenters. The maximum absolute atomic E-state index is 12.7. The molecule has 0 spiro atoms. The Morgan fingerprint density at radius 3 is 2.23 bits per heavy atom. The lowest BCUT2D eigenvalue weighted by Gasteiger charge is -2.30. The number of benzene rings is 2. The molecule has 6 nitrogen and oxygen atoms in total. The number of hydrogen-bond acceptors (Lipinski definition) is 5. The quantitative estimate of drug-likeness (QED) is 0.713. The van der Waals surface area contributed by atoms with Crippen LogP contribution < -0.4 is 19.5 Å². The third-order valence-corrected chi connectivity index (χ3v) is 5.65. The van der Waals surface area contributed by atoms with Crippen molar-refractivity contribution in [2.75, 3.05) is 34.4 Å². The van der Waals surface area contributed by atoms with Gasteiger partial charge in [-0.05, 0) is 55.1 Å². The molecule has 1 amide bonds. The van der Waals surface area contributed by atoms with Crippen LogP contribution in [0.25, 0.3) is 0 Å². The molecule has 1 aliphatic heterocycles. The molecule has 2 aromatic carbocycles. The fourth-order valence-electron chi connectivity index (χ4n) is 3.81. The summed E-state index contributed by atoms with van der Waals surface area (Å²) in [4.78, 5) is 15.2. The number of carbonyl (C=O) groups is 1. The van der Waals surface area contributed by atoms with Crippen molar-refractivity contribution >= 4 is 5.91 Å². The number of nitrogens with zero attached hydrogens (tertiary/aromatic N) is 1. The summed E-state index contributed by atoms with van der Waals surface area (Å²) in [5, 5.41) is 2.99. The average Bonchev–Trinajstić information content (AvgIpc) is 2.78. The zero-order valence-corrected chi connectivity index (χ0v) is 18.4. The second-order valence-electron chi connectivity index (χ2n) is 7.88. The first kappa shape index (κ1) is 22.0. The van der Waals surface area contributed by atoms with Gasteiger partial charge in [0.1, 0.15) is 0 Å². The van der Waals surface area contributed by atoms with Crippen molar-refractivity contribution in [2.24, 2.45) is 5.92 Å². The van der Waals surface area contributed by atoms with E-state index in [2.05, 4.69) is 35.3 Å². The smallest absolute Gasteiger partial charge is 0.251 e. The van der Waals surface area contributed by atoms with Gasteiger partial charge in [-0.25, -0.2) is 0 Å².